The number of pyridine rings is 1. The number of carbonyl (C=O) groups is 3. The van der Waals surface area contributed by atoms with Crippen LogP contribution >= 0.6 is 0 Å². The maximum Gasteiger partial charge on any atom is 0.290 e. The number of rotatable bonds is 5. The SMILES string of the molecule is CC(=O)c1ccc[n+](CC(=O)Nc2ccccc2C(C)=O)c1. The van der Waals surface area contributed by atoms with Crippen molar-refractivity contribution in [1.82, 2.24) is 0 Å². The fourth-order valence-corrected chi connectivity index (χ4v) is 2.08. The lowest BCUT2D eigenvalue weighted by molar-refractivity contribution is -0.684. The number of hydrogen-bond acceptors (Lipinski definition) is 3. The summed E-state index contributed by atoms with van der Waals surface area (Å²) in [5, 5.41) is 2.72. The molecule has 1 aromatic heterocycles. The molecule has 1 heterocycles. The van der Waals surface area contributed by atoms with Gasteiger partial charge in [-0.2, -0.15) is 4.57 Å². The molecule has 0 fully saturated rings. The van der Waals surface area contributed by atoms with E-state index in [4.69, 9.17) is 0 Å². The first-order valence-electron chi connectivity index (χ1n) is 6.87. The van der Waals surface area contributed by atoms with Gasteiger partial charge in [-0.15, -0.1) is 0 Å². The number of aromatic nitrogens is 1. The van der Waals surface area contributed by atoms with Crippen molar-refractivity contribution in [3.63, 3.8) is 0 Å². The monoisotopic (exact) mass is 297 g/mol. The zero-order chi connectivity index (χ0) is 16.1. The van der Waals surface area contributed by atoms with Crippen LogP contribution in [0.3, 0.4) is 0 Å². The molecule has 0 aliphatic carbocycles. The predicted molar refractivity (Wildman–Crippen MR) is 81.7 cm³/mol. The van der Waals surface area contributed by atoms with E-state index in [0.29, 0.717) is 16.8 Å². The Morgan fingerprint density at radius 2 is 1.73 bits per heavy atom. The Morgan fingerprint density at radius 1 is 1.00 bits per heavy atom. The molecule has 0 bridgehead atoms. The molecule has 0 aliphatic rings. The van der Waals surface area contributed by atoms with E-state index in [1.165, 1.54) is 13.8 Å². The Bertz CT molecular complexity index is 738. The number of nitrogens with one attached hydrogen (secondary N) is 1. The topological polar surface area (TPSA) is 67.1 Å². The van der Waals surface area contributed by atoms with Gasteiger partial charge in [0.05, 0.1) is 11.3 Å². The fourth-order valence-electron chi connectivity index (χ4n) is 2.08. The largest absolute Gasteiger partial charge is 0.320 e. The molecule has 22 heavy (non-hydrogen) atoms. The van der Waals surface area contributed by atoms with Crippen molar-refractivity contribution in [1.29, 1.82) is 0 Å². The summed E-state index contributed by atoms with van der Waals surface area (Å²) < 4.78 is 1.63. The highest BCUT2D eigenvalue weighted by Crippen LogP contribution is 2.15. The maximum atomic E-state index is 12.1. The third-order valence-electron chi connectivity index (χ3n) is 3.17. The van der Waals surface area contributed by atoms with E-state index in [0.717, 1.165) is 0 Å². The molecule has 2 aromatic rings. The molecular weight excluding hydrogens is 280 g/mol. The number of benzene rings is 1. The van der Waals surface area contributed by atoms with Gasteiger partial charge < -0.3 is 5.32 Å². The Labute approximate surface area is 128 Å². The van der Waals surface area contributed by atoms with Crippen molar-refractivity contribution in [3.05, 3.63) is 59.9 Å². The van der Waals surface area contributed by atoms with Crippen molar-refractivity contribution < 1.29 is 19.0 Å². The lowest BCUT2D eigenvalue weighted by Crippen LogP contribution is -2.40. The molecule has 0 unspecified atom stereocenters. The number of anilines is 1. The summed E-state index contributed by atoms with van der Waals surface area (Å²) in [6.45, 7) is 2.99. The molecule has 5 nitrogen and oxygen atoms in total. The summed E-state index contributed by atoms with van der Waals surface area (Å²) in [5.41, 5.74) is 1.50. The first-order valence-corrected chi connectivity index (χ1v) is 6.87. The Morgan fingerprint density at radius 3 is 2.41 bits per heavy atom. The molecule has 0 saturated heterocycles. The van der Waals surface area contributed by atoms with Crippen LogP contribution in [0.25, 0.3) is 0 Å². The summed E-state index contributed by atoms with van der Waals surface area (Å²) in [7, 11) is 0. The van der Waals surface area contributed by atoms with Crippen LogP contribution in [0.2, 0.25) is 0 Å². The number of Topliss-reactive ketones (excluding diaryl/α,β-unsaturated/α-hetero) is 2. The third kappa shape index (κ3) is 3.85. The summed E-state index contributed by atoms with van der Waals surface area (Å²) in [6, 6.07) is 10.3. The van der Waals surface area contributed by atoms with Gasteiger partial charge in [0.2, 0.25) is 6.54 Å². The molecule has 1 amide bonds. The van der Waals surface area contributed by atoms with Gasteiger partial charge in [-0.1, -0.05) is 12.1 Å². The summed E-state index contributed by atoms with van der Waals surface area (Å²) >= 11 is 0. The molecule has 5 heteroatoms. The summed E-state index contributed by atoms with van der Waals surface area (Å²) in [5.74, 6) is -0.432. The predicted octanol–water partition coefficient (Wildman–Crippen LogP) is 2.02. The first-order chi connectivity index (χ1) is 10.5. The van der Waals surface area contributed by atoms with Crippen LogP contribution in [0.4, 0.5) is 5.69 Å². The van der Waals surface area contributed by atoms with E-state index < -0.39 is 0 Å². The molecule has 1 N–H and O–H groups in total. The molecule has 112 valence electrons. The van der Waals surface area contributed by atoms with Gasteiger partial charge in [0.15, 0.2) is 24.0 Å². The minimum absolute atomic E-state index is 0.0586. The Balaban J connectivity index is 2.12. The molecule has 0 aliphatic heterocycles. The second-order valence-electron chi connectivity index (χ2n) is 4.97. The van der Waals surface area contributed by atoms with Gasteiger partial charge in [0.25, 0.3) is 5.91 Å². The second-order valence-corrected chi connectivity index (χ2v) is 4.97. The first kappa shape index (κ1) is 15.6. The van der Waals surface area contributed by atoms with E-state index in [-0.39, 0.29) is 24.0 Å². The quantitative estimate of drug-likeness (QED) is 0.678. The fraction of sp³-hybridized carbons (Fsp3) is 0.176. The van der Waals surface area contributed by atoms with E-state index in [1.54, 1.807) is 53.4 Å². The van der Waals surface area contributed by atoms with Crippen molar-refractivity contribution in [2.75, 3.05) is 5.32 Å². The van der Waals surface area contributed by atoms with Crippen molar-refractivity contribution in [3.8, 4) is 0 Å². The molecule has 1 aromatic carbocycles. The van der Waals surface area contributed by atoms with E-state index in [9.17, 15) is 14.4 Å². The second kappa shape index (κ2) is 6.76. The Hall–Kier alpha value is -2.82. The number of para-hydroxylation sites is 1. The highest BCUT2D eigenvalue weighted by Gasteiger charge is 2.14. The van der Waals surface area contributed by atoms with Crippen LogP contribution < -0.4 is 9.88 Å². The number of ketones is 2. The van der Waals surface area contributed by atoms with Crippen molar-refractivity contribution in [2.45, 2.75) is 20.4 Å². The van der Waals surface area contributed by atoms with Gasteiger partial charge in [-0.3, -0.25) is 14.4 Å². The van der Waals surface area contributed by atoms with Crippen LogP contribution in [-0.2, 0) is 11.3 Å². The molecule has 0 radical (unpaired) electrons. The molecular formula is C17H17N2O3+. The van der Waals surface area contributed by atoms with Crippen LogP contribution in [0.1, 0.15) is 34.6 Å². The minimum Gasteiger partial charge on any atom is -0.320 e. The average Bonchev–Trinajstić information content (AvgIpc) is 2.47. The average molecular weight is 297 g/mol. The highest BCUT2D eigenvalue weighted by atomic mass is 16.2. The van der Waals surface area contributed by atoms with E-state index in [2.05, 4.69) is 5.32 Å². The summed E-state index contributed by atoms with van der Waals surface area (Å²) in [6.07, 6.45) is 3.34. The van der Waals surface area contributed by atoms with Gasteiger partial charge >= 0.3 is 0 Å². The van der Waals surface area contributed by atoms with Crippen LogP contribution in [0.15, 0.2) is 48.8 Å². The molecule has 2 rings (SSSR count). The van der Waals surface area contributed by atoms with Gasteiger partial charge in [-0.05, 0) is 32.0 Å². The molecule has 0 saturated carbocycles. The number of hydrogen-bond donors (Lipinski definition) is 1. The van der Waals surface area contributed by atoms with E-state index in [1.807, 2.05) is 0 Å². The Kier molecular flexibility index (Phi) is 4.78. The van der Waals surface area contributed by atoms with Crippen LogP contribution in [0, 0.1) is 0 Å². The number of nitrogens with zero attached hydrogens (tertiary/aromatic N) is 1. The van der Waals surface area contributed by atoms with E-state index >= 15 is 0 Å². The van der Waals surface area contributed by atoms with Crippen LogP contribution in [-0.4, -0.2) is 17.5 Å². The number of amides is 1. The summed E-state index contributed by atoms with van der Waals surface area (Å²) in [4.78, 5) is 35.0. The zero-order valence-electron chi connectivity index (χ0n) is 12.5. The number of carbonyl (C=O) groups excluding carboxylic acids is 3. The zero-order valence-corrected chi connectivity index (χ0v) is 12.5. The van der Waals surface area contributed by atoms with Crippen molar-refractivity contribution >= 4 is 23.2 Å². The minimum atomic E-state index is -0.264. The van der Waals surface area contributed by atoms with Gasteiger partial charge in [-0.25, -0.2) is 0 Å². The molecule has 0 atom stereocenters. The maximum absolute atomic E-state index is 12.1. The van der Waals surface area contributed by atoms with Gasteiger partial charge in [0.1, 0.15) is 0 Å². The molecule has 0 spiro atoms. The normalized spacial score (nSPS) is 10.1. The lowest BCUT2D eigenvalue weighted by atomic mass is 10.1. The highest BCUT2D eigenvalue weighted by molar-refractivity contribution is 6.03. The third-order valence-corrected chi connectivity index (χ3v) is 3.17. The lowest BCUT2D eigenvalue weighted by Gasteiger charge is -2.07. The van der Waals surface area contributed by atoms with Crippen molar-refractivity contribution in [2.24, 2.45) is 0 Å². The smallest absolute Gasteiger partial charge is 0.290 e. The standard InChI is InChI=1S/C17H16N2O3/c1-12(20)14-6-5-9-19(10-14)11-17(22)18-16-8-4-3-7-15(16)13(2)21/h3-10H,11H2,1-2H3/p+1. The van der Waals surface area contributed by atoms with Crippen LogP contribution in [0.5, 0.6) is 0 Å². The van der Waals surface area contributed by atoms with Gasteiger partial charge in [0, 0.05) is 11.6 Å².